The monoisotopic (exact) mass is 617 g/mol. The van der Waals surface area contributed by atoms with Crippen LogP contribution >= 0.6 is 0 Å². The molecule has 46 heavy (non-hydrogen) atoms. The van der Waals surface area contributed by atoms with Crippen LogP contribution in [-0.4, -0.2) is 72.9 Å². The molecule has 0 spiro atoms. The number of hydrogen-bond donors (Lipinski definition) is 1. The minimum atomic E-state index is 0.204. The number of aliphatic imine (C=N–C) groups is 2. The summed E-state index contributed by atoms with van der Waals surface area (Å²) in [4.78, 5) is 23.8. The zero-order chi connectivity index (χ0) is 31.5. The first kappa shape index (κ1) is 30.2. The Kier molecular flexibility index (Phi) is 8.86. The van der Waals surface area contributed by atoms with Gasteiger partial charge in [-0.2, -0.15) is 9.97 Å². The van der Waals surface area contributed by atoms with E-state index < -0.39 is 0 Å². The first-order chi connectivity index (χ1) is 22.6. The fraction of sp³-hybridized carbons (Fsp3) is 0.432. The van der Waals surface area contributed by atoms with Gasteiger partial charge < -0.3 is 24.6 Å². The summed E-state index contributed by atoms with van der Waals surface area (Å²) in [6.07, 6.45) is 5.06. The minimum absolute atomic E-state index is 0.204. The van der Waals surface area contributed by atoms with Gasteiger partial charge in [-0.1, -0.05) is 48.5 Å². The molecule has 2 aliphatic heterocycles. The van der Waals surface area contributed by atoms with Crippen LogP contribution in [0.1, 0.15) is 48.1 Å². The smallest absolute Gasteiger partial charge is 0.318 e. The van der Waals surface area contributed by atoms with Gasteiger partial charge in [0.05, 0.1) is 37.9 Å². The average molecular weight is 618 g/mol. The summed E-state index contributed by atoms with van der Waals surface area (Å²) in [5.41, 5.74) is 5.82. The average Bonchev–Trinajstić information content (AvgIpc) is 3.48. The number of likely N-dealkylation sites (N-methyl/N-ethyl adjacent to an activating group) is 1. The molecular weight excluding hydrogens is 574 g/mol. The summed E-state index contributed by atoms with van der Waals surface area (Å²) in [5, 5.41) is 6.33. The molecule has 3 aromatic carbocycles. The van der Waals surface area contributed by atoms with Crippen LogP contribution in [0.5, 0.6) is 11.8 Å². The predicted molar refractivity (Wildman–Crippen MR) is 184 cm³/mol. The molecule has 0 unspecified atom stereocenters. The van der Waals surface area contributed by atoms with E-state index in [0.717, 1.165) is 68.1 Å². The Bertz CT molecular complexity index is 1760. The Morgan fingerprint density at radius 1 is 1.02 bits per heavy atom. The lowest BCUT2D eigenvalue weighted by molar-refractivity contribution is 0.187. The summed E-state index contributed by atoms with van der Waals surface area (Å²) in [7, 11) is 3.85. The molecule has 1 aliphatic carbocycles. The Hall–Kier alpha value is -4.46. The molecule has 3 heterocycles. The Morgan fingerprint density at radius 2 is 1.87 bits per heavy atom. The summed E-state index contributed by atoms with van der Waals surface area (Å²) < 4.78 is 11.7. The molecule has 7 rings (SSSR count). The second-order valence-electron chi connectivity index (χ2n) is 12.8. The number of hydrogen-bond acceptors (Lipinski definition) is 9. The van der Waals surface area contributed by atoms with E-state index in [9.17, 15) is 0 Å². The van der Waals surface area contributed by atoms with Gasteiger partial charge in [0, 0.05) is 40.8 Å². The molecule has 1 aromatic heterocycles. The first-order valence-corrected chi connectivity index (χ1v) is 16.5. The Morgan fingerprint density at radius 3 is 2.70 bits per heavy atom. The van der Waals surface area contributed by atoms with E-state index in [1.807, 2.05) is 24.3 Å². The highest BCUT2D eigenvalue weighted by atomic mass is 16.5. The molecule has 238 valence electrons. The molecule has 0 bridgehead atoms. The van der Waals surface area contributed by atoms with Gasteiger partial charge >= 0.3 is 6.01 Å². The van der Waals surface area contributed by atoms with E-state index >= 15 is 0 Å². The molecule has 0 amide bonds. The number of methoxy groups -OCH3 is 1. The third-order valence-electron chi connectivity index (χ3n) is 9.76. The summed E-state index contributed by atoms with van der Waals surface area (Å²) in [5.74, 6) is 1.74. The molecule has 9 heteroatoms. The number of nitrogens with zero attached hydrogens (tertiary/aromatic N) is 6. The van der Waals surface area contributed by atoms with Gasteiger partial charge in [-0.25, -0.2) is 9.98 Å². The molecule has 2 fully saturated rings. The van der Waals surface area contributed by atoms with Crippen molar-refractivity contribution in [1.29, 1.82) is 0 Å². The highest BCUT2D eigenvalue weighted by Crippen LogP contribution is 2.36. The maximum absolute atomic E-state index is 6.30. The first-order valence-electron chi connectivity index (χ1n) is 16.5. The number of aromatic nitrogens is 2. The Balaban J connectivity index is 1.07. The normalized spacial score (nSPS) is 20.8. The van der Waals surface area contributed by atoms with Crippen molar-refractivity contribution < 1.29 is 9.47 Å². The van der Waals surface area contributed by atoms with Crippen LogP contribution in [0.3, 0.4) is 0 Å². The number of ether oxygens (including phenoxy) is 2. The number of anilines is 2. The highest BCUT2D eigenvalue weighted by molar-refractivity contribution is 5.97. The lowest BCUT2D eigenvalue weighted by Crippen LogP contribution is -2.39. The third-order valence-corrected chi connectivity index (χ3v) is 9.76. The quantitative estimate of drug-likeness (QED) is 0.209. The van der Waals surface area contributed by atoms with Crippen molar-refractivity contribution in [3.8, 4) is 11.8 Å². The van der Waals surface area contributed by atoms with Crippen LogP contribution in [0.2, 0.25) is 0 Å². The van der Waals surface area contributed by atoms with Crippen LogP contribution < -0.4 is 19.7 Å². The third kappa shape index (κ3) is 6.43. The van der Waals surface area contributed by atoms with Crippen molar-refractivity contribution in [2.45, 2.75) is 70.2 Å². The maximum Gasteiger partial charge on any atom is 0.318 e. The van der Waals surface area contributed by atoms with E-state index in [-0.39, 0.29) is 12.1 Å². The number of rotatable bonds is 10. The van der Waals surface area contributed by atoms with Crippen LogP contribution in [0, 0.1) is 6.92 Å². The standard InChI is InChI=1S/C37H43N7O2/c1-25-9-6-11-26-12-7-14-33(35(25)26)44-18-16-31-32(22-44)41-37(46-23-30-13-8-17-43(30)2)42-36(31)40-29-19-28(20-29)39-24-38-21-27-10-4-5-15-34(27)45-3/h4-7,9-12,14-15,28-30H,8,13,16-23H2,1-3H3,(H,40,41,42)/t28-,29-,30-/m0/s1. The minimum Gasteiger partial charge on any atom is -0.496 e. The van der Waals surface area contributed by atoms with Gasteiger partial charge in [0.25, 0.3) is 0 Å². The summed E-state index contributed by atoms with van der Waals surface area (Å²) in [6, 6.07) is 25.3. The van der Waals surface area contributed by atoms with E-state index in [2.05, 4.69) is 81.5 Å². The molecule has 1 saturated heterocycles. The second kappa shape index (κ2) is 13.5. The van der Waals surface area contributed by atoms with Crippen molar-refractivity contribution in [3.05, 3.63) is 83.0 Å². The predicted octanol–water partition coefficient (Wildman–Crippen LogP) is 6.30. The van der Waals surface area contributed by atoms with Crippen molar-refractivity contribution in [1.82, 2.24) is 14.9 Å². The summed E-state index contributed by atoms with van der Waals surface area (Å²) in [6.45, 7) is 6.05. The van der Waals surface area contributed by atoms with E-state index in [0.29, 0.717) is 25.2 Å². The van der Waals surface area contributed by atoms with Crippen molar-refractivity contribution >= 4 is 28.3 Å². The highest BCUT2D eigenvalue weighted by Gasteiger charge is 2.32. The number of nitrogens with one attached hydrogen (secondary N) is 1. The van der Waals surface area contributed by atoms with Gasteiger partial charge in [0.2, 0.25) is 0 Å². The van der Waals surface area contributed by atoms with Gasteiger partial charge in [-0.3, -0.25) is 0 Å². The van der Waals surface area contributed by atoms with Crippen molar-refractivity contribution in [3.63, 3.8) is 0 Å². The van der Waals surface area contributed by atoms with Crippen LogP contribution in [0.4, 0.5) is 11.5 Å². The fourth-order valence-electron chi connectivity index (χ4n) is 7.01. The van der Waals surface area contributed by atoms with E-state index in [4.69, 9.17) is 19.4 Å². The number of likely N-dealkylation sites (tertiary alicyclic amines) is 1. The molecule has 1 atom stereocenters. The largest absolute Gasteiger partial charge is 0.496 e. The van der Waals surface area contributed by atoms with Gasteiger partial charge in [0.15, 0.2) is 0 Å². The van der Waals surface area contributed by atoms with Crippen LogP contribution in [0.25, 0.3) is 10.8 Å². The van der Waals surface area contributed by atoms with Crippen LogP contribution in [0.15, 0.2) is 70.6 Å². The number of para-hydroxylation sites is 1. The SMILES string of the molecule is COc1ccccc1CN=C=N[C@H]1C[C@H](Nc2nc(OC[C@@H]3CCCN3C)nc3c2CCN(c2cccc4cccc(C)c24)C3)C1. The number of aryl methyl sites for hydroxylation is 1. The van der Waals surface area contributed by atoms with Crippen LogP contribution in [-0.2, 0) is 19.5 Å². The molecule has 9 nitrogen and oxygen atoms in total. The number of benzene rings is 3. The maximum atomic E-state index is 6.30. The molecule has 1 saturated carbocycles. The molecule has 1 N–H and O–H groups in total. The topological polar surface area (TPSA) is 87.5 Å². The fourth-order valence-corrected chi connectivity index (χ4v) is 7.01. The molecule has 0 radical (unpaired) electrons. The van der Waals surface area contributed by atoms with Crippen molar-refractivity contribution in [2.24, 2.45) is 9.98 Å². The lowest BCUT2D eigenvalue weighted by atomic mass is 9.87. The Labute approximate surface area is 271 Å². The van der Waals surface area contributed by atoms with Crippen molar-refractivity contribution in [2.75, 3.05) is 44.1 Å². The zero-order valence-electron chi connectivity index (χ0n) is 27.1. The van der Waals surface area contributed by atoms with Gasteiger partial charge in [-0.15, -0.1) is 0 Å². The summed E-state index contributed by atoms with van der Waals surface area (Å²) >= 11 is 0. The van der Waals surface area contributed by atoms with E-state index in [1.54, 1.807) is 7.11 Å². The van der Waals surface area contributed by atoms with Gasteiger partial charge in [0.1, 0.15) is 18.2 Å². The lowest BCUT2D eigenvalue weighted by Gasteiger charge is -2.35. The molecule has 4 aromatic rings. The number of fused-ring (bicyclic) bond motifs is 2. The molecular formula is C37H43N7O2. The van der Waals surface area contributed by atoms with Gasteiger partial charge in [-0.05, 0) is 75.7 Å². The second-order valence-corrected chi connectivity index (χ2v) is 12.8. The van der Waals surface area contributed by atoms with E-state index in [1.165, 1.54) is 34.0 Å². The molecule has 3 aliphatic rings. The zero-order valence-corrected chi connectivity index (χ0v) is 27.1.